The van der Waals surface area contributed by atoms with Crippen molar-refractivity contribution in [3.8, 4) is 0 Å². The summed E-state index contributed by atoms with van der Waals surface area (Å²) in [6, 6.07) is 0. The van der Waals surface area contributed by atoms with Crippen LogP contribution in [-0.2, 0) is 14.3 Å². The number of nitrogens with zero attached hydrogens (tertiary/aromatic N) is 1. The summed E-state index contributed by atoms with van der Waals surface area (Å²) in [5.74, 6) is 0.0335. The molecule has 0 bridgehead atoms. The smallest absolute Gasteiger partial charge is 0.245 e. The quantitative estimate of drug-likeness (QED) is 0.849. The average Bonchev–Trinajstić information content (AvgIpc) is 2.43. The lowest BCUT2D eigenvalue weighted by Gasteiger charge is -2.44. The summed E-state index contributed by atoms with van der Waals surface area (Å²) >= 11 is 0. The molecule has 0 spiro atoms. The van der Waals surface area contributed by atoms with Gasteiger partial charge < -0.3 is 15.0 Å². The van der Waals surface area contributed by atoms with Crippen molar-refractivity contribution >= 4 is 11.8 Å². The van der Waals surface area contributed by atoms with Crippen LogP contribution in [0, 0.1) is 0 Å². The van der Waals surface area contributed by atoms with Gasteiger partial charge in [-0.1, -0.05) is 13.3 Å². The van der Waals surface area contributed by atoms with E-state index in [1.54, 1.807) is 4.90 Å². The molecule has 0 radical (unpaired) electrons. The minimum absolute atomic E-state index is 0.0245. The molecule has 0 saturated carbocycles. The molecule has 2 unspecified atom stereocenters. The number of nitrogens with one attached hydrogen (secondary N) is 1. The molecule has 2 fully saturated rings. The molecular weight excluding hydrogens is 256 g/mol. The minimum Gasteiger partial charge on any atom is -0.378 e. The number of ether oxygens (including phenoxy) is 1. The van der Waals surface area contributed by atoms with Crippen LogP contribution in [-0.4, -0.2) is 48.1 Å². The van der Waals surface area contributed by atoms with Crippen LogP contribution in [0.2, 0.25) is 0 Å². The molecule has 0 aliphatic carbocycles. The molecule has 2 amide bonds. The molecule has 2 heterocycles. The van der Waals surface area contributed by atoms with E-state index >= 15 is 0 Å². The predicted octanol–water partition coefficient (Wildman–Crippen LogP) is 1.46. The molecule has 5 nitrogen and oxygen atoms in total. The summed E-state index contributed by atoms with van der Waals surface area (Å²) in [7, 11) is 0. The van der Waals surface area contributed by atoms with Crippen molar-refractivity contribution in [3.05, 3.63) is 0 Å². The maximum absolute atomic E-state index is 12.6. The van der Waals surface area contributed by atoms with Gasteiger partial charge in [0.15, 0.2) is 0 Å². The van der Waals surface area contributed by atoms with Gasteiger partial charge in [-0.3, -0.25) is 9.59 Å². The Morgan fingerprint density at radius 2 is 2.30 bits per heavy atom. The zero-order valence-corrected chi connectivity index (χ0v) is 12.6. The lowest BCUT2D eigenvalue weighted by Crippen LogP contribution is -2.65. The van der Waals surface area contributed by atoms with Crippen molar-refractivity contribution in [3.63, 3.8) is 0 Å². The van der Waals surface area contributed by atoms with Crippen LogP contribution in [0.15, 0.2) is 0 Å². The highest BCUT2D eigenvalue weighted by molar-refractivity contribution is 5.92. The van der Waals surface area contributed by atoms with Gasteiger partial charge in [-0.2, -0.15) is 0 Å². The van der Waals surface area contributed by atoms with E-state index in [9.17, 15) is 9.59 Å². The SMILES string of the molecule is CCCC1(C)C(=O)NCCN1C(=O)CC1CCCCO1. The van der Waals surface area contributed by atoms with Crippen molar-refractivity contribution in [2.75, 3.05) is 19.7 Å². The average molecular weight is 282 g/mol. The van der Waals surface area contributed by atoms with Crippen molar-refractivity contribution in [1.29, 1.82) is 0 Å². The van der Waals surface area contributed by atoms with Crippen LogP contribution in [0.3, 0.4) is 0 Å². The first kappa shape index (κ1) is 15.3. The Hall–Kier alpha value is -1.10. The second-order valence-corrected chi connectivity index (χ2v) is 6.02. The Morgan fingerprint density at radius 1 is 1.50 bits per heavy atom. The Labute approximate surface area is 121 Å². The molecule has 2 aliphatic rings. The zero-order valence-electron chi connectivity index (χ0n) is 12.6. The summed E-state index contributed by atoms with van der Waals surface area (Å²) in [5.41, 5.74) is -0.696. The van der Waals surface area contributed by atoms with Crippen LogP contribution in [0.1, 0.15) is 52.4 Å². The zero-order chi connectivity index (χ0) is 14.6. The lowest BCUT2D eigenvalue weighted by atomic mass is 9.90. The molecular formula is C15H26N2O3. The highest BCUT2D eigenvalue weighted by atomic mass is 16.5. The number of carbonyl (C=O) groups is 2. The molecule has 2 rings (SSSR count). The van der Waals surface area contributed by atoms with E-state index < -0.39 is 5.54 Å². The Kier molecular flexibility index (Phi) is 5.02. The number of carbonyl (C=O) groups excluding carboxylic acids is 2. The Morgan fingerprint density at radius 3 is 2.95 bits per heavy atom. The standard InChI is InChI=1S/C15H26N2O3/c1-3-7-15(2)14(19)16-8-9-17(15)13(18)11-12-6-4-5-10-20-12/h12H,3-11H2,1-2H3,(H,16,19). The minimum atomic E-state index is -0.696. The van der Waals surface area contributed by atoms with E-state index in [2.05, 4.69) is 5.32 Å². The summed E-state index contributed by atoms with van der Waals surface area (Å²) in [6.07, 6.45) is 5.20. The normalized spacial score (nSPS) is 31.0. The van der Waals surface area contributed by atoms with Gasteiger partial charge in [0.05, 0.1) is 12.5 Å². The van der Waals surface area contributed by atoms with E-state index in [1.807, 2.05) is 13.8 Å². The second-order valence-electron chi connectivity index (χ2n) is 6.02. The monoisotopic (exact) mass is 282 g/mol. The molecule has 0 aromatic rings. The van der Waals surface area contributed by atoms with E-state index in [0.29, 0.717) is 25.9 Å². The van der Waals surface area contributed by atoms with Crippen LogP contribution >= 0.6 is 0 Å². The first-order valence-electron chi connectivity index (χ1n) is 7.78. The number of hydrogen-bond donors (Lipinski definition) is 1. The fraction of sp³-hybridized carbons (Fsp3) is 0.867. The summed E-state index contributed by atoms with van der Waals surface area (Å²) in [5, 5.41) is 2.88. The molecule has 5 heteroatoms. The highest BCUT2D eigenvalue weighted by Crippen LogP contribution is 2.26. The maximum atomic E-state index is 12.6. The molecule has 1 N–H and O–H groups in total. The van der Waals surface area contributed by atoms with Crippen molar-refractivity contribution in [1.82, 2.24) is 10.2 Å². The van der Waals surface area contributed by atoms with E-state index in [0.717, 1.165) is 32.3 Å². The molecule has 2 aliphatic heterocycles. The third kappa shape index (κ3) is 3.14. The van der Waals surface area contributed by atoms with Crippen LogP contribution in [0.25, 0.3) is 0 Å². The second kappa shape index (κ2) is 6.57. The summed E-state index contributed by atoms with van der Waals surface area (Å²) < 4.78 is 5.65. The van der Waals surface area contributed by atoms with Gasteiger partial charge in [-0.25, -0.2) is 0 Å². The van der Waals surface area contributed by atoms with Crippen LogP contribution in [0.4, 0.5) is 0 Å². The molecule has 2 saturated heterocycles. The maximum Gasteiger partial charge on any atom is 0.245 e. The largest absolute Gasteiger partial charge is 0.378 e. The number of rotatable bonds is 4. The van der Waals surface area contributed by atoms with Crippen LogP contribution < -0.4 is 5.32 Å². The van der Waals surface area contributed by atoms with Gasteiger partial charge in [0.1, 0.15) is 5.54 Å². The molecule has 2 atom stereocenters. The number of piperazine rings is 1. The third-order valence-corrected chi connectivity index (χ3v) is 4.42. The highest BCUT2D eigenvalue weighted by Gasteiger charge is 2.43. The first-order chi connectivity index (χ1) is 9.58. The fourth-order valence-corrected chi connectivity index (χ4v) is 3.25. The Balaban J connectivity index is 2.03. The number of amides is 2. The Bertz CT molecular complexity index is 366. The summed E-state index contributed by atoms with van der Waals surface area (Å²) in [4.78, 5) is 26.5. The molecule has 0 aromatic heterocycles. The van der Waals surface area contributed by atoms with Gasteiger partial charge in [0.25, 0.3) is 0 Å². The first-order valence-corrected chi connectivity index (χ1v) is 7.78. The predicted molar refractivity (Wildman–Crippen MR) is 76.2 cm³/mol. The van der Waals surface area contributed by atoms with E-state index in [-0.39, 0.29) is 17.9 Å². The lowest BCUT2D eigenvalue weighted by molar-refractivity contribution is -0.153. The van der Waals surface area contributed by atoms with Crippen molar-refractivity contribution < 1.29 is 14.3 Å². The van der Waals surface area contributed by atoms with Gasteiger partial charge >= 0.3 is 0 Å². The third-order valence-electron chi connectivity index (χ3n) is 4.42. The van der Waals surface area contributed by atoms with Gasteiger partial charge in [-0.05, 0) is 32.6 Å². The van der Waals surface area contributed by atoms with Gasteiger partial charge in [0, 0.05) is 19.7 Å². The molecule has 20 heavy (non-hydrogen) atoms. The fourth-order valence-electron chi connectivity index (χ4n) is 3.25. The molecule has 114 valence electrons. The topological polar surface area (TPSA) is 58.6 Å². The van der Waals surface area contributed by atoms with Gasteiger partial charge in [-0.15, -0.1) is 0 Å². The van der Waals surface area contributed by atoms with Gasteiger partial charge in [0.2, 0.25) is 11.8 Å². The van der Waals surface area contributed by atoms with E-state index in [4.69, 9.17) is 4.74 Å². The number of hydrogen-bond acceptors (Lipinski definition) is 3. The van der Waals surface area contributed by atoms with Crippen molar-refractivity contribution in [2.24, 2.45) is 0 Å². The van der Waals surface area contributed by atoms with Crippen LogP contribution in [0.5, 0.6) is 0 Å². The van der Waals surface area contributed by atoms with E-state index in [1.165, 1.54) is 0 Å². The van der Waals surface area contributed by atoms with Crippen molar-refractivity contribution in [2.45, 2.75) is 64.0 Å². The summed E-state index contributed by atoms with van der Waals surface area (Å²) in [6.45, 7) is 5.83. The molecule has 0 aromatic carbocycles.